The standard InChI is InChI=1S/C14H23BrN2/c1-11-12(6-5-7-13(11)15)10-16-8-9-17-14(2,3)4/h5-7,16-17H,8-10H2,1-4H3. The van der Waals surface area contributed by atoms with Gasteiger partial charge in [0.15, 0.2) is 0 Å². The van der Waals surface area contributed by atoms with Gasteiger partial charge < -0.3 is 10.6 Å². The van der Waals surface area contributed by atoms with Crippen molar-refractivity contribution in [3.8, 4) is 0 Å². The Morgan fingerprint density at radius 2 is 1.88 bits per heavy atom. The normalized spacial score (nSPS) is 11.8. The Hall–Kier alpha value is -0.380. The number of hydrogen-bond acceptors (Lipinski definition) is 2. The van der Waals surface area contributed by atoms with Crippen LogP contribution in [0.15, 0.2) is 22.7 Å². The molecule has 1 aromatic rings. The van der Waals surface area contributed by atoms with Crippen molar-refractivity contribution in [3.63, 3.8) is 0 Å². The summed E-state index contributed by atoms with van der Waals surface area (Å²) in [6.45, 7) is 11.6. The minimum Gasteiger partial charge on any atom is -0.311 e. The second-order valence-electron chi connectivity index (χ2n) is 5.38. The summed E-state index contributed by atoms with van der Waals surface area (Å²) in [4.78, 5) is 0. The van der Waals surface area contributed by atoms with Gasteiger partial charge in [-0.25, -0.2) is 0 Å². The number of rotatable bonds is 5. The zero-order valence-corrected chi connectivity index (χ0v) is 12.8. The Morgan fingerprint density at radius 3 is 2.53 bits per heavy atom. The first-order chi connectivity index (χ1) is 7.90. The molecule has 0 aliphatic rings. The van der Waals surface area contributed by atoms with Gasteiger partial charge in [0, 0.05) is 29.6 Å². The summed E-state index contributed by atoms with van der Waals surface area (Å²) in [6.07, 6.45) is 0. The topological polar surface area (TPSA) is 24.1 Å². The van der Waals surface area contributed by atoms with Crippen molar-refractivity contribution in [2.24, 2.45) is 0 Å². The number of hydrogen-bond donors (Lipinski definition) is 2. The Labute approximate surface area is 113 Å². The maximum atomic E-state index is 3.55. The van der Waals surface area contributed by atoms with Crippen LogP contribution in [0, 0.1) is 6.92 Å². The average Bonchev–Trinajstić information content (AvgIpc) is 2.22. The molecule has 1 rings (SSSR count). The van der Waals surface area contributed by atoms with E-state index in [2.05, 4.69) is 72.5 Å². The van der Waals surface area contributed by atoms with Gasteiger partial charge in [0.05, 0.1) is 0 Å². The first kappa shape index (κ1) is 14.7. The van der Waals surface area contributed by atoms with E-state index in [-0.39, 0.29) is 5.54 Å². The fourth-order valence-corrected chi connectivity index (χ4v) is 2.00. The van der Waals surface area contributed by atoms with Crippen molar-refractivity contribution in [2.75, 3.05) is 13.1 Å². The third kappa shape index (κ3) is 5.66. The summed E-state index contributed by atoms with van der Waals surface area (Å²) in [5.74, 6) is 0. The zero-order chi connectivity index (χ0) is 12.9. The zero-order valence-electron chi connectivity index (χ0n) is 11.2. The lowest BCUT2D eigenvalue weighted by molar-refractivity contribution is 0.421. The maximum Gasteiger partial charge on any atom is 0.0209 e. The predicted molar refractivity (Wildman–Crippen MR) is 78.3 cm³/mol. The summed E-state index contributed by atoms with van der Waals surface area (Å²) in [6, 6.07) is 6.34. The monoisotopic (exact) mass is 298 g/mol. The molecule has 0 saturated heterocycles. The van der Waals surface area contributed by atoms with Crippen molar-refractivity contribution in [1.29, 1.82) is 0 Å². The van der Waals surface area contributed by atoms with Gasteiger partial charge >= 0.3 is 0 Å². The van der Waals surface area contributed by atoms with Crippen LogP contribution in [0.5, 0.6) is 0 Å². The lowest BCUT2D eigenvalue weighted by Gasteiger charge is -2.20. The van der Waals surface area contributed by atoms with Crippen LogP contribution in [0.3, 0.4) is 0 Å². The molecule has 1 aromatic carbocycles. The van der Waals surface area contributed by atoms with Crippen LogP contribution >= 0.6 is 15.9 Å². The van der Waals surface area contributed by atoms with E-state index < -0.39 is 0 Å². The van der Waals surface area contributed by atoms with Gasteiger partial charge in [0.25, 0.3) is 0 Å². The molecule has 0 fully saturated rings. The van der Waals surface area contributed by atoms with E-state index in [0.717, 1.165) is 19.6 Å². The van der Waals surface area contributed by atoms with E-state index in [1.54, 1.807) is 0 Å². The molecule has 96 valence electrons. The highest BCUT2D eigenvalue weighted by atomic mass is 79.9. The summed E-state index contributed by atoms with van der Waals surface area (Å²) >= 11 is 3.55. The molecular weight excluding hydrogens is 276 g/mol. The quantitative estimate of drug-likeness (QED) is 0.816. The molecule has 0 amide bonds. The van der Waals surface area contributed by atoms with Crippen LogP contribution in [0.2, 0.25) is 0 Å². The van der Waals surface area contributed by atoms with Crippen molar-refractivity contribution >= 4 is 15.9 Å². The Balaban J connectivity index is 2.29. The Kier molecular flexibility index (Phi) is 5.63. The van der Waals surface area contributed by atoms with Crippen molar-refractivity contribution in [1.82, 2.24) is 10.6 Å². The van der Waals surface area contributed by atoms with Gasteiger partial charge in [-0.1, -0.05) is 28.1 Å². The summed E-state index contributed by atoms with van der Waals surface area (Å²) in [5.41, 5.74) is 2.88. The molecule has 0 aromatic heterocycles. The maximum absolute atomic E-state index is 3.55. The molecule has 0 saturated carbocycles. The molecule has 0 unspecified atom stereocenters. The Bertz CT molecular complexity index is 356. The largest absolute Gasteiger partial charge is 0.311 e. The first-order valence-corrected chi connectivity index (χ1v) is 6.89. The van der Waals surface area contributed by atoms with E-state index in [1.807, 2.05) is 0 Å². The van der Waals surface area contributed by atoms with Crippen molar-refractivity contribution in [3.05, 3.63) is 33.8 Å². The summed E-state index contributed by atoms with van der Waals surface area (Å²) in [5, 5.41) is 6.92. The highest BCUT2D eigenvalue weighted by Gasteiger charge is 2.07. The highest BCUT2D eigenvalue weighted by Crippen LogP contribution is 2.18. The molecule has 3 heteroatoms. The molecular formula is C14H23BrN2. The minimum absolute atomic E-state index is 0.202. The molecule has 0 spiro atoms. The van der Waals surface area contributed by atoms with Gasteiger partial charge in [0.2, 0.25) is 0 Å². The summed E-state index contributed by atoms with van der Waals surface area (Å²) < 4.78 is 1.18. The smallest absolute Gasteiger partial charge is 0.0209 e. The van der Waals surface area contributed by atoms with Gasteiger partial charge in [-0.2, -0.15) is 0 Å². The molecule has 0 aliphatic carbocycles. The van der Waals surface area contributed by atoms with Crippen molar-refractivity contribution in [2.45, 2.75) is 39.8 Å². The fraction of sp³-hybridized carbons (Fsp3) is 0.571. The molecule has 0 bridgehead atoms. The van der Waals surface area contributed by atoms with E-state index in [1.165, 1.54) is 15.6 Å². The number of halogens is 1. The molecule has 0 atom stereocenters. The van der Waals surface area contributed by atoms with Gasteiger partial charge in [0.1, 0.15) is 0 Å². The molecule has 0 heterocycles. The second-order valence-corrected chi connectivity index (χ2v) is 6.23. The van der Waals surface area contributed by atoms with E-state index in [9.17, 15) is 0 Å². The first-order valence-electron chi connectivity index (χ1n) is 6.10. The van der Waals surface area contributed by atoms with Crippen LogP contribution in [-0.4, -0.2) is 18.6 Å². The number of nitrogens with one attached hydrogen (secondary N) is 2. The number of benzene rings is 1. The average molecular weight is 299 g/mol. The lowest BCUT2D eigenvalue weighted by Crippen LogP contribution is -2.40. The highest BCUT2D eigenvalue weighted by molar-refractivity contribution is 9.10. The van der Waals surface area contributed by atoms with Crippen LogP contribution in [-0.2, 0) is 6.54 Å². The van der Waals surface area contributed by atoms with Gasteiger partial charge in [-0.05, 0) is 44.9 Å². The van der Waals surface area contributed by atoms with Crippen LogP contribution in [0.1, 0.15) is 31.9 Å². The predicted octanol–water partition coefficient (Wildman–Crippen LogP) is 3.24. The van der Waals surface area contributed by atoms with E-state index in [0.29, 0.717) is 0 Å². The van der Waals surface area contributed by atoms with Crippen molar-refractivity contribution < 1.29 is 0 Å². The van der Waals surface area contributed by atoms with Gasteiger partial charge in [-0.3, -0.25) is 0 Å². The van der Waals surface area contributed by atoms with Gasteiger partial charge in [-0.15, -0.1) is 0 Å². The van der Waals surface area contributed by atoms with Crippen LogP contribution in [0.4, 0.5) is 0 Å². The second kappa shape index (κ2) is 6.53. The Morgan fingerprint density at radius 1 is 1.18 bits per heavy atom. The minimum atomic E-state index is 0.202. The molecule has 2 N–H and O–H groups in total. The van der Waals surface area contributed by atoms with E-state index in [4.69, 9.17) is 0 Å². The third-order valence-electron chi connectivity index (χ3n) is 2.65. The molecule has 2 nitrogen and oxygen atoms in total. The molecule has 0 aliphatic heterocycles. The third-order valence-corrected chi connectivity index (χ3v) is 3.51. The molecule has 17 heavy (non-hydrogen) atoms. The van der Waals surface area contributed by atoms with E-state index >= 15 is 0 Å². The fourth-order valence-electron chi connectivity index (χ4n) is 1.59. The molecule has 0 radical (unpaired) electrons. The van der Waals surface area contributed by atoms with Crippen LogP contribution < -0.4 is 10.6 Å². The SMILES string of the molecule is Cc1c(Br)cccc1CNCCNC(C)(C)C. The van der Waals surface area contributed by atoms with Crippen LogP contribution in [0.25, 0.3) is 0 Å². The summed E-state index contributed by atoms with van der Waals surface area (Å²) in [7, 11) is 0. The lowest BCUT2D eigenvalue weighted by atomic mass is 10.1.